The first kappa shape index (κ1) is 22.1. The molecule has 1 unspecified atom stereocenters. The monoisotopic (exact) mass is 440 g/mol. The highest BCUT2D eigenvalue weighted by molar-refractivity contribution is 6.30. The van der Waals surface area contributed by atoms with Gasteiger partial charge in [-0.05, 0) is 43.9 Å². The zero-order valence-corrected chi connectivity index (χ0v) is 17.6. The van der Waals surface area contributed by atoms with Crippen molar-refractivity contribution < 1.29 is 13.6 Å². The van der Waals surface area contributed by atoms with Crippen LogP contribution < -0.4 is 16.4 Å². The highest BCUT2D eigenvalue weighted by Gasteiger charge is 2.36. The summed E-state index contributed by atoms with van der Waals surface area (Å²) in [7, 11) is 1.58. The SMILES string of the molecule is CN/C(=C(/F)C(=N)N)N1CCC[C@@H](N2CCCC(Nc3cc(F)cc(Cl)c3)C2=O)C1. The van der Waals surface area contributed by atoms with Crippen molar-refractivity contribution in [1.82, 2.24) is 15.1 Å². The Hall–Kier alpha value is -2.55. The van der Waals surface area contributed by atoms with Crippen LogP contribution in [0.5, 0.6) is 0 Å². The number of amides is 1. The zero-order valence-electron chi connectivity index (χ0n) is 16.9. The number of piperidine rings is 2. The molecule has 2 atom stereocenters. The molecule has 0 radical (unpaired) electrons. The minimum Gasteiger partial charge on any atom is -0.382 e. The van der Waals surface area contributed by atoms with E-state index in [0.29, 0.717) is 31.7 Å². The first-order valence-corrected chi connectivity index (χ1v) is 10.4. The van der Waals surface area contributed by atoms with E-state index in [4.69, 9.17) is 22.7 Å². The number of rotatable bonds is 6. The number of benzene rings is 1. The van der Waals surface area contributed by atoms with Gasteiger partial charge in [-0.3, -0.25) is 10.2 Å². The van der Waals surface area contributed by atoms with Crippen molar-refractivity contribution in [3.63, 3.8) is 0 Å². The minimum absolute atomic E-state index is 0.0597. The summed E-state index contributed by atoms with van der Waals surface area (Å²) < 4.78 is 27.9. The Morgan fingerprint density at radius 2 is 2.00 bits per heavy atom. The number of halogens is 3. The van der Waals surface area contributed by atoms with Gasteiger partial charge in [-0.25, -0.2) is 4.39 Å². The van der Waals surface area contributed by atoms with E-state index in [2.05, 4.69) is 10.6 Å². The van der Waals surface area contributed by atoms with Gasteiger partial charge in [0.25, 0.3) is 0 Å². The molecule has 1 aromatic rings. The molecule has 2 fully saturated rings. The number of amidine groups is 1. The normalized spacial score (nSPS) is 23.1. The molecule has 164 valence electrons. The van der Waals surface area contributed by atoms with E-state index < -0.39 is 23.5 Å². The lowest BCUT2D eigenvalue weighted by atomic mass is 9.97. The third-order valence-electron chi connectivity index (χ3n) is 5.51. The maximum Gasteiger partial charge on any atom is 0.245 e. The van der Waals surface area contributed by atoms with Crippen LogP contribution in [-0.4, -0.2) is 60.3 Å². The third kappa shape index (κ3) is 4.95. The van der Waals surface area contributed by atoms with E-state index >= 15 is 0 Å². The average molecular weight is 441 g/mol. The highest BCUT2D eigenvalue weighted by Crippen LogP contribution is 2.26. The lowest BCUT2D eigenvalue weighted by Gasteiger charge is -2.44. The number of likely N-dealkylation sites (tertiary alicyclic amines) is 2. The average Bonchev–Trinajstić information content (AvgIpc) is 2.69. The number of carbonyl (C=O) groups is 1. The van der Waals surface area contributed by atoms with Gasteiger partial charge in [0.1, 0.15) is 17.7 Å². The summed E-state index contributed by atoms with van der Waals surface area (Å²) >= 11 is 5.92. The number of hydrogen-bond donors (Lipinski definition) is 4. The fourth-order valence-corrected chi connectivity index (χ4v) is 4.40. The van der Waals surface area contributed by atoms with E-state index in [-0.39, 0.29) is 22.8 Å². The van der Waals surface area contributed by atoms with E-state index in [9.17, 15) is 13.6 Å². The molecule has 10 heteroatoms. The summed E-state index contributed by atoms with van der Waals surface area (Å²) in [6.07, 6.45) is 3.03. The van der Waals surface area contributed by atoms with Gasteiger partial charge >= 0.3 is 0 Å². The lowest BCUT2D eigenvalue weighted by molar-refractivity contribution is -0.137. The summed E-state index contributed by atoms with van der Waals surface area (Å²) in [5.74, 6) is -1.79. The molecule has 30 heavy (non-hydrogen) atoms. The number of carbonyl (C=O) groups excluding carboxylic acids is 1. The Labute approximate surface area is 179 Å². The number of anilines is 1. The second-order valence-electron chi connectivity index (χ2n) is 7.60. The van der Waals surface area contributed by atoms with Gasteiger partial charge in [-0.2, -0.15) is 4.39 Å². The van der Waals surface area contributed by atoms with E-state index in [1.165, 1.54) is 12.1 Å². The Bertz CT molecular complexity index is 828. The molecule has 0 saturated carbocycles. The number of nitrogens with two attached hydrogens (primary N) is 1. The number of hydrogen-bond acceptors (Lipinski definition) is 5. The summed E-state index contributed by atoms with van der Waals surface area (Å²) in [6.45, 7) is 1.67. The quantitative estimate of drug-likeness (QED) is 0.403. The van der Waals surface area contributed by atoms with E-state index in [1.807, 2.05) is 4.90 Å². The predicted octanol–water partition coefficient (Wildman–Crippen LogP) is 2.64. The molecule has 3 rings (SSSR count). The van der Waals surface area contributed by atoms with Crippen molar-refractivity contribution in [2.24, 2.45) is 5.73 Å². The fourth-order valence-electron chi connectivity index (χ4n) is 4.18. The topological polar surface area (TPSA) is 97.5 Å². The second-order valence-corrected chi connectivity index (χ2v) is 8.03. The molecule has 1 amide bonds. The van der Waals surface area contributed by atoms with Crippen LogP contribution in [-0.2, 0) is 4.79 Å². The van der Waals surface area contributed by atoms with Crippen molar-refractivity contribution in [2.75, 3.05) is 32.0 Å². The molecular weight excluding hydrogens is 414 g/mol. The standard InChI is InChI=1S/C20H27ClF2N6O/c1-26-19(17(23)18(24)25)28-6-2-4-15(11-28)29-7-3-5-16(20(29)30)27-14-9-12(21)8-13(22)10-14/h8-10,15-16,26-27H,2-7,11H2,1H3,(H3,24,25)/b19-17-/t15-,16?/m1/s1. The molecule has 2 aliphatic rings. The maximum atomic E-state index is 14.3. The molecule has 2 saturated heterocycles. The van der Waals surface area contributed by atoms with Gasteiger partial charge in [-0.1, -0.05) is 11.6 Å². The summed E-state index contributed by atoms with van der Waals surface area (Å²) in [5, 5.41) is 13.5. The molecular formula is C20H27ClF2N6O. The molecule has 0 spiro atoms. The molecule has 0 aromatic heterocycles. The highest BCUT2D eigenvalue weighted by atomic mass is 35.5. The van der Waals surface area contributed by atoms with Crippen molar-refractivity contribution in [3.8, 4) is 0 Å². The predicted molar refractivity (Wildman–Crippen MR) is 113 cm³/mol. The van der Waals surface area contributed by atoms with Gasteiger partial charge in [-0.15, -0.1) is 0 Å². The van der Waals surface area contributed by atoms with Crippen molar-refractivity contribution in [2.45, 2.75) is 37.8 Å². The maximum absolute atomic E-state index is 14.3. The van der Waals surface area contributed by atoms with Gasteiger partial charge in [0, 0.05) is 43.4 Å². The lowest BCUT2D eigenvalue weighted by Crippen LogP contribution is -2.56. The first-order valence-electron chi connectivity index (χ1n) is 10.00. The van der Waals surface area contributed by atoms with Crippen LogP contribution in [0.2, 0.25) is 5.02 Å². The summed E-state index contributed by atoms with van der Waals surface area (Å²) in [5.41, 5.74) is 5.77. The molecule has 0 aliphatic carbocycles. The van der Waals surface area contributed by atoms with Crippen LogP contribution in [0.25, 0.3) is 0 Å². The van der Waals surface area contributed by atoms with Gasteiger partial charge in [0.15, 0.2) is 5.84 Å². The Balaban J connectivity index is 1.72. The van der Waals surface area contributed by atoms with Crippen LogP contribution in [0.3, 0.4) is 0 Å². The van der Waals surface area contributed by atoms with Gasteiger partial charge < -0.3 is 26.2 Å². The van der Waals surface area contributed by atoms with Crippen LogP contribution in [0.4, 0.5) is 14.5 Å². The Kier molecular flexibility index (Phi) is 7.02. The van der Waals surface area contributed by atoms with Gasteiger partial charge in [0.05, 0.1) is 0 Å². The van der Waals surface area contributed by atoms with Crippen LogP contribution in [0.1, 0.15) is 25.7 Å². The van der Waals surface area contributed by atoms with Crippen LogP contribution in [0, 0.1) is 11.2 Å². The molecule has 5 N–H and O–H groups in total. The van der Waals surface area contributed by atoms with Crippen molar-refractivity contribution in [3.05, 3.63) is 40.7 Å². The Morgan fingerprint density at radius 3 is 2.67 bits per heavy atom. The first-order chi connectivity index (χ1) is 14.3. The summed E-state index contributed by atoms with van der Waals surface area (Å²) in [4.78, 5) is 16.8. The molecule has 7 nitrogen and oxygen atoms in total. The van der Waals surface area contributed by atoms with E-state index in [1.54, 1.807) is 18.0 Å². The summed E-state index contributed by atoms with van der Waals surface area (Å²) in [6, 6.07) is 3.56. The minimum atomic E-state index is -0.800. The van der Waals surface area contributed by atoms with Crippen molar-refractivity contribution in [1.29, 1.82) is 5.41 Å². The number of nitrogens with zero attached hydrogens (tertiary/aromatic N) is 2. The van der Waals surface area contributed by atoms with Gasteiger partial charge in [0.2, 0.25) is 11.7 Å². The van der Waals surface area contributed by atoms with Crippen LogP contribution >= 0.6 is 11.6 Å². The largest absolute Gasteiger partial charge is 0.382 e. The Morgan fingerprint density at radius 1 is 1.27 bits per heavy atom. The molecule has 0 bridgehead atoms. The van der Waals surface area contributed by atoms with Crippen molar-refractivity contribution >= 4 is 29.0 Å². The fraction of sp³-hybridized carbons (Fsp3) is 0.500. The molecule has 1 aromatic carbocycles. The zero-order chi connectivity index (χ0) is 21.8. The van der Waals surface area contributed by atoms with Crippen LogP contribution in [0.15, 0.2) is 29.8 Å². The van der Waals surface area contributed by atoms with E-state index in [0.717, 1.165) is 19.3 Å². The second kappa shape index (κ2) is 9.51. The smallest absolute Gasteiger partial charge is 0.245 e. The number of nitrogens with one attached hydrogen (secondary N) is 3. The third-order valence-corrected chi connectivity index (χ3v) is 5.73. The molecule has 2 heterocycles. The molecule has 2 aliphatic heterocycles.